The van der Waals surface area contributed by atoms with Crippen molar-refractivity contribution in [2.24, 2.45) is 0 Å². The van der Waals surface area contributed by atoms with Crippen LogP contribution in [-0.4, -0.2) is 27.5 Å². The summed E-state index contributed by atoms with van der Waals surface area (Å²) in [7, 11) is -3.78. The highest BCUT2D eigenvalue weighted by Crippen LogP contribution is 2.29. The van der Waals surface area contributed by atoms with Gasteiger partial charge < -0.3 is 15.0 Å². The van der Waals surface area contributed by atoms with Gasteiger partial charge >= 0.3 is 0 Å². The smallest absolute Gasteiger partial charge is 0.261 e. The van der Waals surface area contributed by atoms with E-state index in [0.717, 1.165) is 25.1 Å². The molecule has 1 aliphatic rings. The molecule has 1 amide bonds. The highest BCUT2D eigenvalue weighted by atomic mass is 32.2. The molecule has 38 heavy (non-hydrogen) atoms. The molecular formula is C30H29N3O4S. The van der Waals surface area contributed by atoms with Crippen molar-refractivity contribution in [3.05, 3.63) is 114 Å². The first-order valence-corrected chi connectivity index (χ1v) is 14.0. The number of fused-ring (bicyclic) bond motifs is 1. The van der Waals surface area contributed by atoms with E-state index in [2.05, 4.69) is 39.2 Å². The first kappa shape index (κ1) is 25.4. The van der Waals surface area contributed by atoms with Gasteiger partial charge in [-0.3, -0.25) is 9.52 Å². The van der Waals surface area contributed by atoms with E-state index in [1.807, 2.05) is 31.2 Å². The predicted molar refractivity (Wildman–Crippen MR) is 150 cm³/mol. The number of nitrogens with zero attached hydrogens (tertiary/aromatic N) is 1. The molecule has 8 heteroatoms. The number of carbonyl (C=O) groups excluding carboxylic acids is 1. The van der Waals surface area contributed by atoms with Gasteiger partial charge in [0, 0.05) is 35.7 Å². The Morgan fingerprint density at radius 1 is 0.868 bits per heavy atom. The van der Waals surface area contributed by atoms with E-state index < -0.39 is 10.0 Å². The molecule has 0 spiro atoms. The van der Waals surface area contributed by atoms with Gasteiger partial charge in [-0.1, -0.05) is 30.3 Å². The first-order valence-electron chi connectivity index (χ1n) is 12.5. The highest BCUT2D eigenvalue weighted by molar-refractivity contribution is 7.92. The van der Waals surface area contributed by atoms with Gasteiger partial charge in [0.25, 0.3) is 15.9 Å². The van der Waals surface area contributed by atoms with Crippen LogP contribution in [0.2, 0.25) is 0 Å². The Bertz CT molecular complexity index is 1520. The second kappa shape index (κ2) is 11.0. The number of carbonyl (C=O) groups is 1. The Hall–Kier alpha value is -4.30. The fourth-order valence-corrected chi connectivity index (χ4v) is 5.53. The van der Waals surface area contributed by atoms with Crippen LogP contribution in [0.3, 0.4) is 0 Å². The van der Waals surface area contributed by atoms with E-state index in [4.69, 9.17) is 4.74 Å². The summed E-state index contributed by atoms with van der Waals surface area (Å²) in [6.07, 6.45) is 1.05. The molecule has 0 aromatic heterocycles. The third kappa shape index (κ3) is 5.81. The van der Waals surface area contributed by atoms with Crippen LogP contribution in [0.25, 0.3) is 0 Å². The van der Waals surface area contributed by atoms with Gasteiger partial charge in [-0.05, 0) is 91.2 Å². The summed E-state index contributed by atoms with van der Waals surface area (Å²) in [5.41, 5.74) is 5.25. The van der Waals surface area contributed by atoms with Gasteiger partial charge in [-0.25, -0.2) is 8.42 Å². The number of nitrogens with one attached hydrogen (secondary N) is 2. The molecule has 4 aromatic rings. The second-order valence-corrected chi connectivity index (χ2v) is 10.7. The number of benzene rings is 4. The maximum absolute atomic E-state index is 12.8. The molecule has 0 fully saturated rings. The number of ether oxygens (including phenoxy) is 1. The summed E-state index contributed by atoms with van der Waals surface area (Å²) in [5, 5.41) is 2.83. The largest absolute Gasteiger partial charge is 0.494 e. The molecule has 1 aliphatic heterocycles. The molecule has 7 nitrogen and oxygen atoms in total. The van der Waals surface area contributed by atoms with Gasteiger partial charge in [-0.15, -0.1) is 0 Å². The summed E-state index contributed by atoms with van der Waals surface area (Å²) < 4.78 is 33.5. The zero-order valence-electron chi connectivity index (χ0n) is 21.1. The number of para-hydroxylation sites is 1. The molecule has 0 bridgehead atoms. The average molecular weight is 528 g/mol. The topological polar surface area (TPSA) is 87.7 Å². The van der Waals surface area contributed by atoms with Crippen molar-refractivity contribution in [1.29, 1.82) is 0 Å². The van der Waals surface area contributed by atoms with Gasteiger partial charge in [0.05, 0.1) is 11.5 Å². The van der Waals surface area contributed by atoms with E-state index in [1.165, 1.54) is 23.4 Å². The number of hydrogen-bond acceptors (Lipinski definition) is 5. The zero-order valence-corrected chi connectivity index (χ0v) is 21.9. The van der Waals surface area contributed by atoms with E-state index in [-0.39, 0.29) is 10.8 Å². The van der Waals surface area contributed by atoms with Crippen molar-refractivity contribution < 1.29 is 17.9 Å². The maximum Gasteiger partial charge on any atom is 0.261 e. The van der Waals surface area contributed by atoms with E-state index in [1.54, 1.807) is 36.4 Å². The molecule has 0 radical (unpaired) electrons. The van der Waals surface area contributed by atoms with Crippen LogP contribution in [-0.2, 0) is 23.0 Å². The van der Waals surface area contributed by atoms with Crippen LogP contribution >= 0.6 is 0 Å². The minimum atomic E-state index is -3.78. The van der Waals surface area contributed by atoms with Crippen molar-refractivity contribution in [2.45, 2.75) is 24.8 Å². The number of hydrogen-bond donors (Lipinski definition) is 2. The molecule has 0 saturated carbocycles. The molecule has 194 valence electrons. The molecule has 1 heterocycles. The fourth-order valence-electron chi connectivity index (χ4n) is 4.47. The molecule has 2 N–H and O–H groups in total. The van der Waals surface area contributed by atoms with Crippen LogP contribution in [0.4, 0.5) is 17.1 Å². The summed E-state index contributed by atoms with van der Waals surface area (Å²) in [6, 6.07) is 28.8. The van der Waals surface area contributed by atoms with Crippen molar-refractivity contribution in [2.75, 3.05) is 28.1 Å². The van der Waals surface area contributed by atoms with Crippen molar-refractivity contribution in [1.82, 2.24) is 0 Å². The monoisotopic (exact) mass is 527 g/mol. The van der Waals surface area contributed by atoms with E-state index in [0.29, 0.717) is 29.3 Å². The molecule has 4 aromatic carbocycles. The number of amides is 1. The number of sulfonamides is 1. The van der Waals surface area contributed by atoms with Gasteiger partial charge in [0.15, 0.2) is 0 Å². The van der Waals surface area contributed by atoms with Crippen LogP contribution in [0, 0.1) is 0 Å². The van der Waals surface area contributed by atoms with E-state index >= 15 is 0 Å². The standard InChI is InChI=1S/C30H29N3O4S/c1-2-37-27-15-11-26(12-16-27)32-38(35,36)28-17-13-25(14-18-28)31-30(34)24-9-7-22(8-10-24)21-33-20-19-23-5-3-4-6-29(23)33/h3-18,32H,2,19-21H2,1H3,(H,31,34). The van der Waals surface area contributed by atoms with Gasteiger partial charge in [0.2, 0.25) is 0 Å². The lowest BCUT2D eigenvalue weighted by molar-refractivity contribution is 0.102. The Morgan fingerprint density at radius 2 is 1.55 bits per heavy atom. The summed E-state index contributed by atoms with van der Waals surface area (Å²) in [4.78, 5) is 15.2. The number of anilines is 3. The van der Waals surface area contributed by atoms with Crippen LogP contribution in [0.5, 0.6) is 5.75 Å². The lowest BCUT2D eigenvalue weighted by atomic mass is 10.1. The summed E-state index contributed by atoms with van der Waals surface area (Å²) in [6.45, 7) is 4.20. The van der Waals surface area contributed by atoms with E-state index in [9.17, 15) is 13.2 Å². The van der Waals surface area contributed by atoms with Crippen molar-refractivity contribution in [3.63, 3.8) is 0 Å². The SMILES string of the molecule is CCOc1ccc(NS(=O)(=O)c2ccc(NC(=O)c3ccc(CN4CCc5ccccc54)cc3)cc2)cc1. The van der Waals surface area contributed by atoms with Crippen LogP contribution in [0.1, 0.15) is 28.4 Å². The molecule has 0 saturated heterocycles. The first-order chi connectivity index (χ1) is 18.4. The van der Waals surface area contributed by atoms with Gasteiger partial charge in [0.1, 0.15) is 5.75 Å². The quantitative estimate of drug-likeness (QED) is 0.292. The third-order valence-corrected chi connectivity index (χ3v) is 7.81. The molecule has 0 unspecified atom stereocenters. The molecule has 0 aliphatic carbocycles. The Kier molecular flexibility index (Phi) is 7.33. The van der Waals surface area contributed by atoms with Crippen LogP contribution in [0.15, 0.2) is 102 Å². The zero-order chi connectivity index (χ0) is 26.5. The Labute approximate surface area is 223 Å². The Morgan fingerprint density at radius 3 is 2.26 bits per heavy atom. The van der Waals surface area contributed by atoms with Crippen LogP contribution < -0.4 is 19.7 Å². The summed E-state index contributed by atoms with van der Waals surface area (Å²) in [5.74, 6) is 0.411. The van der Waals surface area contributed by atoms with Crippen molar-refractivity contribution in [3.8, 4) is 5.75 Å². The minimum Gasteiger partial charge on any atom is -0.494 e. The van der Waals surface area contributed by atoms with Gasteiger partial charge in [-0.2, -0.15) is 0 Å². The summed E-state index contributed by atoms with van der Waals surface area (Å²) >= 11 is 0. The maximum atomic E-state index is 12.8. The van der Waals surface area contributed by atoms with Crippen molar-refractivity contribution >= 4 is 33.0 Å². The fraction of sp³-hybridized carbons (Fsp3) is 0.167. The minimum absolute atomic E-state index is 0.0947. The third-order valence-electron chi connectivity index (χ3n) is 6.41. The molecular weight excluding hydrogens is 498 g/mol. The highest BCUT2D eigenvalue weighted by Gasteiger charge is 2.18. The average Bonchev–Trinajstić information content (AvgIpc) is 3.33. The lowest BCUT2D eigenvalue weighted by Crippen LogP contribution is -2.19. The Balaban J connectivity index is 1.18. The molecule has 0 atom stereocenters. The predicted octanol–water partition coefficient (Wildman–Crippen LogP) is 5.70. The molecule has 5 rings (SSSR count). The second-order valence-electron chi connectivity index (χ2n) is 9.04. The normalized spacial score (nSPS) is 12.6. The number of rotatable bonds is 9. The lowest BCUT2D eigenvalue weighted by Gasteiger charge is -2.19.